The van der Waals surface area contributed by atoms with Gasteiger partial charge in [-0.25, -0.2) is 0 Å². The van der Waals surface area contributed by atoms with Crippen molar-refractivity contribution in [3.8, 4) is 11.1 Å². The highest BCUT2D eigenvalue weighted by Crippen LogP contribution is 2.62. The number of nitrogens with zero attached hydrogens (tertiary/aromatic N) is 1. The number of furan rings is 1. The molecule has 0 saturated carbocycles. The first-order valence-corrected chi connectivity index (χ1v) is 20.6. The fourth-order valence-electron chi connectivity index (χ4n) is 9.05. The number of rotatable bonds is 4. The maximum Gasteiger partial charge on any atom is 0.143 e. The molecule has 57 heavy (non-hydrogen) atoms. The smallest absolute Gasteiger partial charge is 0.143 e. The van der Waals surface area contributed by atoms with E-state index in [2.05, 4.69) is 126 Å². The molecule has 0 fully saturated rings. The lowest BCUT2D eigenvalue weighted by Gasteiger charge is -2.46. The summed E-state index contributed by atoms with van der Waals surface area (Å²) in [6, 6.07) is 58.2. The zero-order valence-electron chi connectivity index (χ0n) is 35.3. The third-order valence-corrected chi connectivity index (χ3v) is 13.8. The van der Waals surface area contributed by atoms with Gasteiger partial charge < -0.3 is 9.32 Å². The minimum Gasteiger partial charge on any atom is -0.455 e. The van der Waals surface area contributed by atoms with Crippen LogP contribution in [0.5, 0.6) is 0 Å². The van der Waals surface area contributed by atoms with E-state index in [0.717, 1.165) is 49.8 Å². The van der Waals surface area contributed by atoms with Crippen molar-refractivity contribution in [2.24, 2.45) is 0 Å². The van der Waals surface area contributed by atoms with E-state index in [-0.39, 0.29) is 29.7 Å². The monoisotopic (exact) mass is 768 g/mol. The Morgan fingerprint density at radius 1 is 0.439 bits per heavy atom. The second-order valence-electron chi connectivity index (χ2n) is 14.4. The van der Waals surface area contributed by atoms with E-state index in [1.165, 1.54) is 41.8 Å². The van der Waals surface area contributed by atoms with Crippen LogP contribution in [0.25, 0.3) is 43.8 Å². The van der Waals surface area contributed by atoms with Crippen molar-refractivity contribution < 1.29 is 11.3 Å². The molecule has 0 unspecified atom stereocenters. The average Bonchev–Trinajstić information content (AvgIpc) is 3.70. The van der Waals surface area contributed by atoms with Crippen molar-refractivity contribution in [1.82, 2.24) is 0 Å². The zero-order chi connectivity index (χ0) is 41.9. The van der Waals surface area contributed by atoms with Gasteiger partial charge in [-0.2, -0.15) is 0 Å². The summed E-state index contributed by atoms with van der Waals surface area (Å²) < 4.78 is 49.0. The average molecular weight is 769 g/mol. The Hall–Kier alpha value is -6.46. The van der Waals surface area contributed by atoms with E-state index in [0.29, 0.717) is 5.56 Å². The first-order valence-electron chi connectivity index (χ1n) is 21.4. The lowest BCUT2D eigenvalue weighted by atomic mass is 9.64. The molecule has 0 aliphatic carbocycles. The molecule has 9 aromatic carbocycles. The molecule has 0 atom stereocenters. The first kappa shape index (κ1) is 28.0. The van der Waals surface area contributed by atoms with Crippen LogP contribution in [0, 0.1) is 0 Å². The van der Waals surface area contributed by atoms with E-state index in [1.807, 2.05) is 60.3 Å². The maximum absolute atomic E-state index is 8.74. The summed E-state index contributed by atoms with van der Waals surface area (Å²) in [7, 11) is 0. The fraction of sp³-hybridized carbons (Fsp3) is 0.0189. The van der Waals surface area contributed by atoms with Crippen LogP contribution in [0.1, 0.15) is 29.1 Å². The Morgan fingerprint density at radius 3 is 1.65 bits per heavy atom. The Labute approximate surface area is 346 Å². The Balaban J connectivity index is 1.15. The highest BCUT2D eigenvalue weighted by atomic mass is 32.2. The third kappa shape index (κ3) is 4.88. The number of anilines is 3. The molecule has 0 saturated heterocycles. The van der Waals surface area contributed by atoms with Crippen LogP contribution in [0.3, 0.4) is 0 Å². The van der Waals surface area contributed by atoms with Crippen molar-refractivity contribution >= 4 is 73.3 Å². The molecule has 2 aliphatic rings. The molecule has 0 radical (unpaired) electrons. The number of hydrogen-bond donors (Lipinski definition) is 0. The standard InChI is InChI=1S/C53H33NOS2/c1-2-14-34(15-3-1)35-26-28-36(29-27-35)54(46-33-41-39-17-6-10-22-47(39)55-52(41)40-18-5-4-16-38(40)46)37-30-31-51-45(32-37)53(44-21-9-13-25-50(44)57-51)42-19-7-11-23-48(42)56-49-24-12-8-20-43(49)53/h1-33H/i1D,2D,3D,14D,15D. The SMILES string of the molecule is [2H]c1c([2H])c([2H])c(-c2ccc(N(c3ccc4c(c3)C3(c5ccccc5Sc5ccccc53)c3ccccc3S4)c3cc4c5ccccc5oc4c4ccccc34)cc2)c([2H])c1[2H]. The van der Waals surface area contributed by atoms with E-state index < -0.39 is 11.5 Å². The Bertz CT molecular complexity index is 3380. The molecule has 4 heteroatoms. The fourth-order valence-corrected chi connectivity index (χ4v) is 11.4. The Morgan fingerprint density at radius 2 is 0.982 bits per heavy atom. The molecule has 0 N–H and O–H groups in total. The maximum atomic E-state index is 8.74. The topological polar surface area (TPSA) is 16.4 Å². The van der Waals surface area contributed by atoms with Crippen molar-refractivity contribution in [1.29, 1.82) is 0 Å². The number of benzene rings is 9. The number of hydrogen-bond acceptors (Lipinski definition) is 4. The van der Waals surface area contributed by atoms with E-state index >= 15 is 0 Å². The van der Waals surface area contributed by atoms with Gasteiger partial charge in [0.1, 0.15) is 11.2 Å². The van der Waals surface area contributed by atoms with Crippen LogP contribution in [0.2, 0.25) is 0 Å². The molecule has 2 aliphatic heterocycles. The minimum absolute atomic E-state index is 0.171. The summed E-state index contributed by atoms with van der Waals surface area (Å²) in [6.07, 6.45) is 0. The molecule has 1 spiro atoms. The largest absolute Gasteiger partial charge is 0.455 e. The van der Waals surface area contributed by atoms with Gasteiger partial charge in [0.15, 0.2) is 0 Å². The summed E-state index contributed by atoms with van der Waals surface area (Å²) in [4.78, 5) is 7.17. The molecule has 0 bridgehead atoms. The van der Waals surface area contributed by atoms with E-state index in [4.69, 9.17) is 11.3 Å². The lowest BCUT2D eigenvalue weighted by molar-refractivity contribution is 0.667. The molecule has 2 nitrogen and oxygen atoms in total. The Kier molecular flexibility index (Phi) is 6.28. The van der Waals surface area contributed by atoms with Gasteiger partial charge in [-0.15, -0.1) is 0 Å². The minimum atomic E-state index is -0.616. The third-order valence-electron chi connectivity index (χ3n) is 11.5. The van der Waals surface area contributed by atoms with Gasteiger partial charge in [0, 0.05) is 52.5 Å². The zero-order valence-corrected chi connectivity index (χ0v) is 32.0. The predicted octanol–water partition coefficient (Wildman–Crippen LogP) is 15.2. The summed E-state index contributed by atoms with van der Waals surface area (Å²) in [6.45, 7) is 0. The predicted molar refractivity (Wildman–Crippen MR) is 238 cm³/mol. The van der Waals surface area contributed by atoms with Gasteiger partial charge in [-0.05, 0) is 94.0 Å². The van der Waals surface area contributed by atoms with Gasteiger partial charge in [0.05, 0.1) is 18.0 Å². The lowest BCUT2D eigenvalue weighted by Crippen LogP contribution is -2.36. The van der Waals surface area contributed by atoms with Crippen LogP contribution in [0.15, 0.2) is 224 Å². The summed E-state index contributed by atoms with van der Waals surface area (Å²) in [5, 5.41) is 4.02. The molecule has 0 amide bonds. The van der Waals surface area contributed by atoms with Crippen molar-refractivity contribution in [2.45, 2.75) is 25.0 Å². The van der Waals surface area contributed by atoms with Crippen LogP contribution in [-0.4, -0.2) is 0 Å². The molecule has 3 heterocycles. The quantitative estimate of drug-likeness (QED) is 0.177. The summed E-state index contributed by atoms with van der Waals surface area (Å²) >= 11 is 3.63. The molecule has 1 aromatic heterocycles. The van der Waals surface area contributed by atoms with Crippen LogP contribution in [-0.2, 0) is 5.41 Å². The molecular weight excluding hydrogens is 731 g/mol. The van der Waals surface area contributed by atoms with Gasteiger partial charge in [-0.3, -0.25) is 0 Å². The molecular formula is C53H33NOS2. The second-order valence-corrected chi connectivity index (χ2v) is 16.6. The van der Waals surface area contributed by atoms with Gasteiger partial charge in [-0.1, -0.05) is 163 Å². The summed E-state index contributed by atoms with van der Waals surface area (Å²) in [5.41, 5.74) is 9.43. The van der Waals surface area contributed by atoms with Gasteiger partial charge in [0.2, 0.25) is 0 Å². The van der Waals surface area contributed by atoms with Crippen LogP contribution >= 0.6 is 23.5 Å². The normalized spacial score (nSPS) is 14.8. The number of para-hydroxylation sites is 1. The van der Waals surface area contributed by atoms with E-state index in [9.17, 15) is 0 Å². The molecule has 12 rings (SSSR count). The van der Waals surface area contributed by atoms with Crippen LogP contribution < -0.4 is 4.90 Å². The second kappa shape index (κ2) is 12.8. The summed E-state index contributed by atoms with van der Waals surface area (Å²) in [5.74, 6) is 0. The van der Waals surface area contributed by atoms with Gasteiger partial charge in [0.25, 0.3) is 0 Å². The van der Waals surface area contributed by atoms with Crippen molar-refractivity contribution in [3.63, 3.8) is 0 Å². The number of fused-ring (bicyclic) bond motifs is 13. The molecule has 10 aromatic rings. The highest BCUT2D eigenvalue weighted by molar-refractivity contribution is 8.00. The first-order chi connectivity index (χ1) is 30.3. The van der Waals surface area contributed by atoms with Crippen molar-refractivity contribution in [2.75, 3.05) is 4.90 Å². The molecule has 268 valence electrons. The highest BCUT2D eigenvalue weighted by Gasteiger charge is 2.48. The van der Waals surface area contributed by atoms with Gasteiger partial charge >= 0.3 is 0 Å². The van der Waals surface area contributed by atoms with E-state index in [1.54, 1.807) is 11.8 Å². The van der Waals surface area contributed by atoms with Crippen molar-refractivity contribution in [3.05, 3.63) is 222 Å². The van der Waals surface area contributed by atoms with Crippen LogP contribution in [0.4, 0.5) is 17.1 Å².